The smallest absolute Gasteiger partial charge is 0.282 e. The number of ether oxygens (including phenoxy) is 1. The van der Waals surface area contributed by atoms with Gasteiger partial charge in [0.25, 0.3) is 11.6 Å². The molecule has 0 radical (unpaired) electrons. The molecular weight excluding hydrogens is 308 g/mol. The molecule has 1 heterocycles. The van der Waals surface area contributed by atoms with E-state index in [4.69, 9.17) is 16.3 Å². The van der Waals surface area contributed by atoms with Gasteiger partial charge in [-0.25, -0.2) is 0 Å². The van der Waals surface area contributed by atoms with Crippen molar-refractivity contribution in [1.29, 1.82) is 0 Å². The SMILES string of the molecule is CC(C)CO[C@@H]1CCN(C(=O)c2cc(Cl)ccc2[N+](=O)[O-])C1. The normalized spacial score (nSPS) is 18.0. The van der Waals surface area contributed by atoms with Crippen LogP contribution in [0.15, 0.2) is 18.2 Å². The van der Waals surface area contributed by atoms with Crippen LogP contribution in [-0.4, -0.2) is 41.5 Å². The fraction of sp³-hybridized carbons (Fsp3) is 0.533. The summed E-state index contributed by atoms with van der Waals surface area (Å²) in [7, 11) is 0. The number of nitrogens with zero attached hydrogens (tertiary/aromatic N) is 2. The van der Waals surface area contributed by atoms with Gasteiger partial charge in [-0.15, -0.1) is 0 Å². The number of nitro groups is 1. The van der Waals surface area contributed by atoms with Crippen LogP contribution in [0, 0.1) is 16.0 Å². The van der Waals surface area contributed by atoms with Crippen molar-refractivity contribution in [1.82, 2.24) is 4.90 Å². The number of benzene rings is 1. The summed E-state index contributed by atoms with van der Waals surface area (Å²) in [6.07, 6.45) is 0.733. The molecule has 6 nitrogen and oxygen atoms in total. The quantitative estimate of drug-likeness (QED) is 0.615. The van der Waals surface area contributed by atoms with E-state index in [1.54, 1.807) is 4.90 Å². The molecule has 0 unspecified atom stereocenters. The molecule has 0 N–H and O–H groups in total. The molecule has 1 fully saturated rings. The molecule has 1 atom stereocenters. The Kier molecular flexibility index (Phi) is 5.37. The van der Waals surface area contributed by atoms with Crippen LogP contribution in [0.5, 0.6) is 0 Å². The van der Waals surface area contributed by atoms with Crippen molar-refractivity contribution in [2.75, 3.05) is 19.7 Å². The molecule has 0 aliphatic carbocycles. The highest BCUT2D eigenvalue weighted by Crippen LogP contribution is 2.26. The highest BCUT2D eigenvalue weighted by atomic mass is 35.5. The lowest BCUT2D eigenvalue weighted by Crippen LogP contribution is -2.31. The number of hydrogen-bond donors (Lipinski definition) is 0. The van der Waals surface area contributed by atoms with Gasteiger partial charge >= 0.3 is 0 Å². The Morgan fingerprint density at radius 1 is 1.55 bits per heavy atom. The maximum absolute atomic E-state index is 12.5. The molecule has 7 heteroatoms. The van der Waals surface area contributed by atoms with Gasteiger partial charge in [-0.2, -0.15) is 0 Å². The standard InChI is InChI=1S/C15H19ClN2O4/c1-10(2)9-22-12-5-6-17(8-12)15(19)13-7-11(16)3-4-14(13)18(20)21/h3-4,7,10,12H,5-6,8-9H2,1-2H3/t12-/m1/s1. The third-order valence-electron chi connectivity index (χ3n) is 3.48. The van der Waals surface area contributed by atoms with Crippen molar-refractivity contribution in [3.8, 4) is 0 Å². The minimum Gasteiger partial charge on any atom is -0.376 e. The monoisotopic (exact) mass is 326 g/mol. The summed E-state index contributed by atoms with van der Waals surface area (Å²) in [4.78, 5) is 24.6. The van der Waals surface area contributed by atoms with E-state index in [0.29, 0.717) is 30.6 Å². The topological polar surface area (TPSA) is 72.7 Å². The van der Waals surface area contributed by atoms with E-state index >= 15 is 0 Å². The molecule has 0 saturated carbocycles. The molecule has 1 saturated heterocycles. The van der Waals surface area contributed by atoms with E-state index in [-0.39, 0.29) is 23.3 Å². The second kappa shape index (κ2) is 7.07. The van der Waals surface area contributed by atoms with E-state index in [9.17, 15) is 14.9 Å². The Morgan fingerprint density at radius 3 is 2.91 bits per heavy atom. The Hall–Kier alpha value is -1.66. The minimum absolute atomic E-state index is 0.00964. The Bertz CT molecular complexity index is 577. The van der Waals surface area contributed by atoms with E-state index in [2.05, 4.69) is 13.8 Å². The van der Waals surface area contributed by atoms with Crippen LogP contribution in [0.25, 0.3) is 0 Å². The first-order valence-corrected chi connectivity index (χ1v) is 7.61. The minimum atomic E-state index is -0.563. The van der Waals surface area contributed by atoms with E-state index in [1.807, 2.05) is 0 Å². The van der Waals surface area contributed by atoms with Crippen LogP contribution in [0.2, 0.25) is 5.02 Å². The molecule has 120 valence electrons. The molecule has 2 rings (SSSR count). The van der Waals surface area contributed by atoms with Gasteiger partial charge in [0.05, 0.1) is 11.0 Å². The number of likely N-dealkylation sites (tertiary alicyclic amines) is 1. The summed E-state index contributed by atoms with van der Waals surface area (Å²) >= 11 is 5.87. The largest absolute Gasteiger partial charge is 0.376 e. The first-order chi connectivity index (χ1) is 10.4. The van der Waals surface area contributed by atoms with Gasteiger partial charge in [0.2, 0.25) is 0 Å². The summed E-state index contributed by atoms with van der Waals surface area (Å²) in [5.74, 6) is 0.0589. The van der Waals surface area contributed by atoms with Gasteiger partial charge in [0, 0.05) is 30.8 Å². The molecular formula is C15H19ClN2O4. The molecule has 1 aliphatic heterocycles. The number of halogens is 1. The Morgan fingerprint density at radius 2 is 2.27 bits per heavy atom. The zero-order valence-corrected chi connectivity index (χ0v) is 13.4. The highest BCUT2D eigenvalue weighted by molar-refractivity contribution is 6.31. The van der Waals surface area contributed by atoms with E-state index < -0.39 is 4.92 Å². The third-order valence-corrected chi connectivity index (χ3v) is 3.72. The van der Waals surface area contributed by atoms with Gasteiger partial charge in [0.1, 0.15) is 5.56 Å². The van der Waals surface area contributed by atoms with Gasteiger partial charge in [-0.05, 0) is 24.5 Å². The molecule has 1 aromatic carbocycles. The molecule has 0 spiro atoms. The van der Waals surface area contributed by atoms with Crippen LogP contribution >= 0.6 is 11.6 Å². The van der Waals surface area contributed by atoms with Crippen LogP contribution in [-0.2, 0) is 4.74 Å². The molecule has 0 bridgehead atoms. The van der Waals surface area contributed by atoms with Crippen molar-refractivity contribution < 1.29 is 14.5 Å². The van der Waals surface area contributed by atoms with Gasteiger partial charge < -0.3 is 9.64 Å². The summed E-state index contributed by atoms with van der Waals surface area (Å²) in [5, 5.41) is 11.4. The van der Waals surface area contributed by atoms with Crippen molar-refractivity contribution in [3.05, 3.63) is 38.9 Å². The second-order valence-corrected chi connectivity index (χ2v) is 6.24. The first kappa shape index (κ1) is 16.7. The number of hydrogen-bond acceptors (Lipinski definition) is 4. The van der Waals surface area contributed by atoms with Crippen LogP contribution in [0.3, 0.4) is 0 Å². The summed E-state index contributed by atoms with van der Waals surface area (Å²) in [5.41, 5.74) is -0.192. The predicted octanol–water partition coefficient (Wildman–Crippen LogP) is 3.14. The molecule has 1 amide bonds. The molecule has 1 aliphatic rings. The maximum Gasteiger partial charge on any atom is 0.282 e. The Balaban J connectivity index is 2.10. The fourth-order valence-corrected chi connectivity index (χ4v) is 2.56. The number of nitro benzene ring substituents is 1. The van der Waals surface area contributed by atoms with Crippen molar-refractivity contribution >= 4 is 23.2 Å². The molecule has 1 aromatic rings. The van der Waals surface area contributed by atoms with Crippen molar-refractivity contribution in [2.45, 2.75) is 26.4 Å². The van der Waals surface area contributed by atoms with Gasteiger partial charge in [-0.3, -0.25) is 14.9 Å². The zero-order valence-electron chi connectivity index (χ0n) is 12.6. The van der Waals surface area contributed by atoms with Crippen LogP contribution in [0.1, 0.15) is 30.6 Å². The van der Waals surface area contributed by atoms with Crippen LogP contribution < -0.4 is 0 Å². The fourth-order valence-electron chi connectivity index (χ4n) is 2.39. The summed E-state index contributed by atoms with van der Waals surface area (Å²) in [6, 6.07) is 4.03. The second-order valence-electron chi connectivity index (χ2n) is 5.81. The van der Waals surface area contributed by atoms with Crippen molar-refractivity contribution in [2.24, 2.45) is 5.92 Å². The zero-order chi connectivity index (χ0) is 16.3. The lowest BCUT2D eigenvalue weighted by Gasteiger charge is -2.17. The van der Waals surface area contributed by atoms with Crippen LogP contribution in [0.4, 0.5) is 5.69 Å². The lowest BCUT2D eigenvalue weighted by atomic mass is 10.1. The predicted molar refractivity (Wildman–Crippen MR) is 83.2 cm³/mol. The number of carbonyl (C=O) groups excluding carboxylic acids is 1. The summed E-state index contributed by atoms with van der Waals surface area (Å²) < 4.78 is 5.73. The average Bonchev–Trinajstić information content (AvgIpc) is 2.92. The number of rotatable bonds is 5. The first-order valence-electron chi connectivity index (χ1n) is 7.23. The lowest BCUT2D eigenvalue weighted by molar-refractivity contribution is -0.385. The average molecular weight is 327 g/mol. The Labute approximate surface area is 134 Å². The third kappa shape index (κ3) is 3.96. The molecule has 22 heavy (non-hydrogen) atoms. The maximum atomic E-state index is 12.5. The van der Waals surface area contributed by atoms with Crippen molar-refractivity contribution in [3.63, 3.8) is 0 Å². The number of amides is 1. The van der Waals surface area contributed by atoms with Gasteiger partial charge in [-0.1, -0.05) is 25.4 Å². The molecule has 0 aromatic heterocycles. The highest BCUT2D eigenvalue weighted by Gasteiger charge is 2.31. The van der Waals surface area contributed by atoms with E-state index in [1.165, 1.54) is 18.2 Å². The van der Waals surface area contributed by atoms with Gasteiger partial charge in [0.15, 0.2) is 0 Å². The summed E-state index contributed by atoms with van der Waals surface area (Å²) in [6.45, 7) is 5.75. The number of carbonyl (C=O) groups is 1. The van der Waals surface area contributed by atoms with E-state index in [0.717, 1.165) is 6.42 Å².